The molecule has 4 nitrogen and oxygen atoms in total. The van der Waals surface area contributed by atoms with Crippen LogP contribution < -0.4 is 0 Å². The summed E-state index contributed by atoms with van der Waals surface area (Å²) >= 11 is 3.36. The Morgan fingerprint density at radius 2 is 2.30 bits per heavy atom. The molecule has 1 aromatic heterocycles. The van der Waals surface area contributed by atoms with Crippen LogP contribution in [-0.2, 0) is 26.5 Å². The van der Waals surface area contributed by atoms with Crippen molar-refractivity contribution in [3.8, 4) is 0 Å². The Bertz CT molecular complexity index is 786. The molecule has 1 atom stereocenters. The van der Waals surface area contributed by atoms with Gasteiger partial charge in [-0.05, 0) is 52.9 Å². The molecule has 0 saturated heterocycles. The molecule has 3 rings (SSSR count). The van der Waals surface area contributed by atoms with Crippen LogP contribution in [0.15, 0.2) is 10.5 Å². The first-order chi connectivity index (χ1) is 10.9. The number of aromatic amines is 1. The fraction of sp³-hybridized carbons (Fsp3) is 0.471. The summed E-state index contributed by atoms with van der Waals surface area (Å²) in [5.41, 5.74) is 3.34. The van der Waals surface area contributed by atoms with Gasteiger partial charge in [0.15, 0.2) is 0 Å². The minimum absolute atomic E-state index is 0.295. The zero-order chi connectivity index (χ0) is 16.8. The zero-order valence-electron chi connectivity index (χ0n) is 13.4. The molecule has 1 aliphatic heterocycles. The van der Waals surface area contributed by atoms with Crippen molar-refractivity contribution < 1.29 is 18.7 Å². The van der Waals surface area contributed by atoms with Crippen LogP contribution in [0.5, 0.6) is 0 Å². The second-order valence-corrected chi connectivity index (χ2v) is 6.71. The standard InChI is InChI=1S/C17H19BrFNO3/c1-4-6-17(23-10(3)21)16-11(5-7-22-17)13-14(18)12(19)8-9(2)15(13)20-16/h8,20H,4-7H2,1-3H3. The number of H-pyrrole nitrogens is 1. The van der Waals surface area contributed by atoms with Crippen molar-refractivity contribution in [2.75, 3.05) is 6.61 Å². The van der Waals surface area contributed by atoms with E-state index in [9.17, 15) is 9.18 Å². The highest BCUT2D eigenvalue weighted by molar-refractivity contribution is 9.10. The van der Waals surface area contributed by atoms with Gasteiger partial charge in [-0.1, -0.05) is 6.92 Å². The van der Waals surface area contributed by atoms with Gasteiger partial charge in [-0.2, -0.15) is 0 Å². The van der Waals surface area contributed by atoms with E-state index in [0.717, 1.165) is 34.1 Å². The lowest BCUT2D eigenvalue weighted by atomic mass is 9.96. The molecule has 0 amide bonds. The number of carbonyl (C=O) groups excluding carboxylic acids is 1. The van der Waals surface area contributed by atoms with Gasteiger partial charge in [0.05, 0.1) is 22.3 Å². The van der Waals surface area contributed by atoms with E-state index in [1.54, 1.807) is 0 Å². The predicted octanol–water partition coefficient (Wildman–Crippen LogP) is 4.47. The maximum atomic E-state index is 14.1. The molecular weight excluding hydrogens is 365 g/mol. The van der Waals surface area contributed by atoms with Crippen molar-refractivity contribution in [3.63, 3.8) is 0 Å². The Labute approximate surface area is 142 Å². The number of rotatable bonds is 3. The van der Waals surface area contributed by atoms with Gasteiger partial charge in [-0.3, -0.25) is 4.79 Å². The van der Waals surface area contributed by atoms with Gasteiger partial charge in [-0.15, -0.1) is 0 Å². The van der Waals surface area contributed by atoms with Crippen molar-refractivity contribution >= 4 is 32.8 Å². The Morgan fingerprint density at radius 3 is 2.96 bits per heavy atom. The minimum Gasteiger partial charge on any atom is -0.427 e. The third-order valence-corrected chi connectivity index (χ3v) is 5.00. The Morgan fingerprint density at radius 1 is 1.57 bits per heavy atom. The van der Waals surface area contributed by atoms with Gasteiger partial charge >= 0.3 is 5.97 Å². The molecule has 6 heteroatoms. The third kappa shape index (κ3) is 2.58. The number of aryl methyl sites for hydroxylation is 1. The summed E-state index contributed by atoms with van der Waals surface area (Å²) in [6.45, 7) is 5.66. The van der Waals surface area contributed by atoms with Crippen molar-refractivity contribution in [1.29, 1.82) is 0 Å². The zero-order valence-corrected chi connectivity index (χ0v) is 15.0. The molecule has 2 aromatic rings. The van der Waals surface area contributed by atoms with Crippen molar-refractivity contribution in [3.05, 3.63) is 33.2 Å². The maximum Gasteiger partial charge on any atom is 0.305 e. The normalized spacial score (nSPS) is 20.6. The van der Waals surface area contributed by atoms with Gasteiger partial charge in [0.1, 0.15) is 5.82 Å². The highest BCUT2D eigenvalue weighted by Crippen LogP contribution is 2.44. The largest absolute Gasteiger partial charge is 0.427 e. The average molecular weight is 384 g/mol. The molecular formula is C17H19BrFNO3. The van der Waals surface area contributed by atoms with E-state index in [0.29, 0.717) is 23.9 Å². The Kier molecular flexibility index (Phi) is 4.23. The molecule has 0 radical (unpaired) electrons. The van der Waals surface area contributed by atoms with E-state index < -0.39 is 11.8 Å². The van der Waals surface area contributed by atoms with Crippen molar-refractivity contribution in [1.82, 2.24) is 4.98 Å². The van der Waals surface area contributed by atoms with E-state index in [2.05, 4.69) is 20.9 Å². The van der Waals surface area contributed by atoms with Gasteiger partial charge in [-0.25, -0.2) is 4.39 Å². The Hall–Kier alpha value is -1.40. The number of halogens is 2. The SMILES string of the molecule is CCCC1(OC(C)=O)OCCc2c1[nH]c1c(C)cc(F)c(Br)c21. The van der Waals surface area contributed by atoms with Crippen LogP contribution in [0.25, 0.3) is 10.9 Å². The lowest BCUT2D eigenvalue weighted by Gasteiger charge is -2.36. The molecule has 124 valence electrons. The molecule has 0 spiro atoms. The Balaban J connectivity index is 2.30. The number of hydrogen-bond donors (Lipinski definition) is 1. The first-order valence-corrected chi connectivity index (χ1v) is 8.52. The summed E-state index contributed by atoms with van der Waals surface area (Å²) in [5, 5.41) is 0.813. The summed E-state index contributed by atoms with van der Waals surface area (Å²) in [6.07, 6.45) is 1.98. The van der Waals surface area contributed by atoms with Crippen LogP contribution in [0.3, 0.4) is 0 Å². The summed E-state index contributed by atoms with van der Waals surface area (Å²) in [5.74, 6) is -1.81. The van der Waals surface area contributed by atoms with E-state index in [1.807, 2.05) is 13.8 Å². The van der Waals surface area contributed by atoms with E-state index in [1.165, 1.54) is 13.0 Å². The number of ether oxygens (including phenoxy) is 2. The van der Waals surface area contributed by atoms with Gasteiger partial charge < -0.3 is 14.5 Å². The monoisotopic (exact) mass is 383 g/mol. The maximum absolute atomic E-state index is 14.1. The summed E-state index contributed by atoms with van der Waals surface area (Å²) in [6, 6.07) is 1.49. The first kappa shape index (κ1) is 16.5. The number of fused-ring (bicyclic) bond motifs is 3. The van der Waals surface area contributed by atoms with Gasteiger partial charge in [0.2, 0.25) is 0 Å². The molecule has 23 heavy (non-hydrogen) atoms. The van der Waals surface area contributed by atoms with E-state index in [4.69, 9.17) is 9.47 Å². The number of esters is 1. The van der Waals surface area contributed by atoms with Crippen LogP contribution in [0.4, 0.5) is 4.39 Å². The highest BCUT2D eigenvalue weighted by atomic mass is 79.9. The first-order valence-electron chi connectivity index (χ1n) is 7.72. The summed E-state index contributed by atoms with van der Waals surface area (Å²) < 4.78 is 26.0. The summed E-state index contributed by atoms with van der Waals surface area (Å²) in [7, 11) is 0. The van der Waals surface area contributed by atoms with Crippen molar-refractivity contribution in [2.24, 2.45) is 0 Å². The number of carbonyl (C=O) groups is 1. The molecule has 0 saturated carbocycles. The second kappa shape index (κ2) is 5.91. The fourth-order valence-corrected chi connectivity index (χ4v) is 3.93. The molecule has 1 aromatic carbocycles. The molecule has 0 aliphatic carbocycles. The number of benzene rings is 1. The molecule has 0 bridgehead atoms. The van der Waals surface area contributed by atoms with Gasteiger partial charge in [0.25, 0.3) is 5.79 Å². The van der Waals surface area contributed by atoms with E-state index in [-0.39, 0.29) is 5.82 Å². The quantitative estimate of drug-likeness (QED) is 0.795. The van der Waals surface area contributed by atoms with Crippen LogP contribution in [0.2, 0.25) is 0 Å². The topological polar surface area (TPSA) is 51.3 Å². The van der Waals surface area contributed by atoms with Gasteiger partial charge in [0, 0.05) is 18.7 Å². The predicted molar refractivity (Wildman–Crippen MR) is 88.7 cm³/mol. The van der Waals surface area contributed by atoms with Crippen LogP contribution in [-0.4, -0.2) is 17.6 Å². The number of aromatic nitrogens is 1. The molecule has 0 fully saturated rings. The minimum atomic E-state index is -1.12. The fourth-order valence-electron chi connectivity index (χ4n) is 3.38. The molecule has 1 unspecified atom stereocenters. The lowest BCUT2D eigenvalue weighted by molar-refractivity contribution is -0.247. The number of nitrogens with one attached hydrogen (secondary N) is 1. The van der Waals surface area contributed by atoms with Crippen LogP contribution in [0, 0.1) is 12.7 Å². The van der Waals surface area contributed by atoms with Crippen molar-refractivity contribution in [2.45, 2.75) is 45.8 Å². The molecule has 2 heterocycles. The van der Waals surface area contributed by atoms with E-state index >= 15 is 0 Å². The summed E-state index contributed by atoms with van der Waals surface area (Å²) in [4.78, 5) is 15.0. The highest BCUT2D eigenvalue weighted by Gasteiger charge is 2.43. The van der Waals surface area contributed by atoms with Crippen LogP contribution in [0.1, 0.15) is 43.5 Å². The number of hydrogen-bond acceptors (Lipinski definition) is 3. The average Bonchev–Trinajstić information content (AvgIpc) is 2.86. The second-order valence-electron chi connectivity index (χ2n) is 5.91. The third-order valence-electron chi connectivity index (χ3n) is 4.23. The lowest BCUT2D eigenvalue weighted by Crippen LogP contribution is -2.39. The molecule has 1 N–H and O–H groups in total. The van der Waals surface area contributed by atoms with Crippen LogP contribution >= 0.6 is 15.9 Å². The molecule has 1 aliphatic rings. The smallest absolute Gasteiger partial charge is 0.305 e.